The predicted molar refractivity (Wildman–Crippen MR) is 81.4 cm³/mol. The molecule has 0 aliphatic rings. The van der Waals surface area contributed by atoms with Gasteiger partial charge in [0, 0.05) is 32.8 Å². The highest BCUT2D eigenvalue weighted by Crippen LogP contribution is 2.17. The minimum absolute atomic E-state index is 0.278. The molecule has 1 aromatic heterocycles. The molecule has 0 aliphatic heterocycles. The third-order valence-corrected chi connectivity index (χ3v) is 2.78. The van der Waals surface area contributed by atoms with Crippen LogP contribution >= 0.6 is 0 Å². The fraction of sp³-hybridized carbons (Fsp3) is 0.714. The molecule has 0 saturated heterocycles. The Bertz CT molecular complexity index is 397. The first-order chi connectivity index (χ1) is 10.2. The highest BCUT2D eigenvalue weighted by Gasteiger charge is 2.15. The monoisotopic (exact) mass is 300 g/mol. The van der Waals surface area contributed by atoms with Crippen molar-refractivity contribution in [3.8, 4) is 0 Å². The molecule has 0 radical (unpaired) electrons. The van der Waals surface area contributed by atoms with Crippen molar-refractivity contribution < 1.29 is 13.9 Å². The number of hydrogen-bond acceptors (Lipinski definition) is 6. The fourth-order valence-corrected chi connectivity index (χ4v) is 1.78. The molecule has 1 heterocycles. The summed E-state index contributed by atoms with van der Waals surface area (Å²) < 4.78 is 24.7. The molecule has 21 heavy (non-hydrogen) atoms. The van der Waals surface area contributed by atoms with Crippen molar-refractivity contribution >= 4 is 11.8 Å². The molecule has 0 fully saturated rings. The number of ether oxygens (including phenoxy) is 2. The molecule has 0 amide bonds. The van der Waals surface area contributed by atoms with Gasteiger partial charge < -0.3 is 19.7 Å². The molecule has 0 aromatic carbocycles. The number of hydrogen-bond donors (Lipinski definition) is 1. The molecule has 7 heteroatoms. The molecule has 1 aromatic rings. The van der Waals surface area contributed by atoms with Crippen LogP contribution in [-0.2, 0) is 9.47 Å². The van der Waals surface area contributed by atoms with Gasteiger partial charge in [-0.05, 0) is 20.8 Å². The molecular weight excluding hydrogens is 275 g/mol. The Morgan fingerprint density at radius 2 is 1.76 bits per heavy atom. The SMILES string of the molecule is CCNc1ncc(F)c(N(CCOCC)CCOCC)n1. The molecule has 120 valence electrons. The van der Waals surface area contributed by atoms with Crippen molar-refractivity contribution in [3.05, 3.63) is 12.0 Å². The lowest BCUT2D eigenvalue weighted by Crippen LogP contribution is -2.33. The molecule has 0 unspecified atom stereocenters. The van der Waals surface area contributed by atoms with Gasteiger partial charge in [-0.15, -0.1) is 0 Å². The standard InChI is InChI=1S/C14H25FN4O2/c1-4-16-14-17-11-12(15)13(18-14)19(7-9-20-5-2)8-10-21-6-3/h11H,4-10H2,1-3H3,(H,16,17,18). The van der Waals surface area contributed by atoms with Gasteiger partial charge >= 0.3 is 0 Å². The third-order valence-electron chi connectivity index (χ3n) is 2.78. The Morgan fingerprint density at radius 1 is 1.14 bits per heavy atom. The smallest absolute Gasteiger partial charge is 0.224 e. The van der Waals surface area contributed by atoms with Crippen LogP contribution in [0.3, 0.4) is 0 Å². The summed E-state index contributed by atoms with van der Waals surface area (Å²) in [5.74, 6) is 0.261. The minimum Gasteiger partial charge on any atom is -0.380 e. The maximum absolute atomic E-state index is 14.0. The van der Waals surface area contributed by atoms with Crippen molar-refractivity contribution in [2.45, 2.75) is 20.8 Å². The number of anilines is 2. The van der Waals surface area contributed by atoms with Gasteiger partial charge in [-0.25, -0.2) is 9.37 Å². The van der Waals surface area contributed by atoms with E-state index < -0.39 is 5.82 Å². The van der Waals surface area contributed by atoms with E-state index in [2.05, 4.69) is 15.3 Å². The molecule has 0 aliphatic carbocycles. The molecule has 0 spiro atoms. The van der Waals surface area contributed by atoms with E-state index in [1.165, 1.54) is 6.20 Å². The zero-order valence-corrected chi connectivity index (χ0v) is 13.1. The molecule has 0 bridgehead atoms. The summed E-state index contributed by atoms with van der Waals surface area (Å²) in [6.07, 6.45) is 1.19. The average molecular weight is 300 g/mol. The molecule has 0 atom stereocenters. The fourth-order valence-electron chi connectivity index (χ4n) is 1.78. The highest BCUT2D eigenvalue weighted by molar-refractivity contribution is 5.43. The van der Waals surface area contributed by atoms with E-state index >= 15 is 0 Å². The maximum atomic E-state index is 14.0. The molecule has 6 nitrogen and oxygen atoms in total. The van der Waals surface area contributed by atoms with Crippen LogP contribution < -0.4 is 10.2 Å². The van der Waals surface area contributed by atoms with Gasteiger partial charge in [-0.2, -0.15) is 4.98 Å². The second-order valence-electron chi connectivity index (χ2n) is 4.28. The number of halogens is 1. The highest BCUT2D eigenvalue weighted by atomic mass is 19.1. The summed E-state index contributed by atoms with van der Waals surface area (Å²) in [7, 11) is 0. The van der Waals surface area contributed by atoms with E-state index in [1.807, 2.05) is 25.7 Å². The first-order valence-electron chi connectivity index (χ1n) is 7.39. The summed E-state index contributed by atoms with van der Waals surface area (Å²) in [6, 6.07) is 0. The van der Waals surface area contributed by atoms with Crippen LogP contribution in [0.4, 0.5) is 16.2 Å². The summed E-state index contributed by atoms with van der Waals surface area (Å²) >= 11 is 0. The van der Waals surface area contributed by atoms with Crippen molar-refractivity contribution in [3.63, 3.8) is 0 Å². The van der Waals surface area contributed by atoms with Crippen LogP contribution in [0.2, 0.25) is 0 Å². The Kier molecular flexibility index (Phi) is 8.61. The van der Waals surface area contributed by atoms with Crippen molar-refractivity contribution in [1.29, 1.82) is 0 Å². The second kappa shape index (κ2) is 10.3. The van der Waals surface area contributed by atoms with Crippen LogP contribution in [0.15, 0.2) is 6.20 Å². The third kappa shape index (κ3) is 6.22. The predicted octanol–water partition coefficient (Wildman–Crippen LogP) is 1.93. The Balaban J connectivity index is 2.80. The Morgan fingerprint density at radius 3 is 2.29 bits per heavy atom. The van der Waals surface area contributed by atoms with Gasteiger partial charge in [0.05, 0.1) is 19.4 Å². The van der Waals surface area contributed by atoms with E-state index in [-0.39, 0.29) is 5.82 Å². The first-order valence-corrected chi connectivity index (χ1v) is 7.39. The lowest BCUT2D eigenvalue weighted by atomic mass is 10.4. The van der Waals surface area contributed by atoms with E-state index in [0.29, 0.717) is 52.0 Å². The van der Waals surface area contributed by atoms with Crippen molar-refractivity contribution in [2.75, 3.05) is 56.3 Å². The van der Waals surface area contributed by atoms with Gasteiger partial charge in [0.15, 0.2) is 11.6 Å². The molecular formula is C14H25FN4O2. The topological polar surface area (TPSA) is 59.5 Å². The second-order valence-corrected chi connectivity index (χ2v) is 4.28. The molecule has 1 rings (SSSR count). The number of aromatic nitrogens is 2. The first kappa shape index (κ1) is 17.6. The molecule has 0 saturated carbocycles. The average Bonchev–Trinajstić information content (AvgIpc) is 2.48. The molecule has 1 N–H and O–H groups in total. The number of nitrogens with zero attached hydrogens (tertiary/aromatic N) is 3. The van der Waals surface area contributed by atoms with Crippen LogP contribution in [0.5, 0.6) is 0 Å². The zero-order valence-electron chi connectivity index (χ0n) is 13.1. The zero-order chi connectivity index (χ0) is 15.5. The van der Waals surface area contributed by atoms with Crippen LogP contribution in [-0.4, -0.2) is 56.0 Å². The van der Waals surface area contributed by atoms with Gasteiger partial charge in [0.25, 0.3) is 0 Å². The van der Waals surface area contributed by atoms with Gasteiger partial charge in [-0.3, -0.25) is 0 Å². The summed E-state index contributed by atoms with van der Waals surface area (Å²) in [5, 5.41) is 2.99. The summed E-state index contributed by atoms with van der Waals surface area (Å²) in [6.45, 7) is 9.89. The van der Waals surface area contributed by atoms with Crippen molar-refractivity contribution in [2.24, 2.45) is 0 Å². The normalized spacial score (nSPS) is 10.7. The van der Waals surface area contributed by atoms with E-state index in [4.69, 9.17) is 9.47 Å². The largest absolute Gasteiger partial charge is 0.380 e. The summed E-state index contributed by atoms with van der Waals surface area (Å²) in [4.78, 5) is 9.98. The Labute approximate surface area is 125 Å². The van der Waals surface area contributed by atoms with E-state index in [1.54, 1.807) is 0 Å². The van der Waals surface area contributed by atoms with E-state index in [9.17, 15) is 4.39 Å². The lowest BCUT2D eigenvalue weighted by Gasteiger charge is -2.24. The lowest BCUT2D eigenvalue weighted by molar-refractivity contribution is 0.141. The van der Waals surface area contributed by atoms with Crippen LogP contribution in [0.1, 0.15) is 20.8 Å². The number of nitrogens with one attached hydrogen (secondary N) is 1. The number of rotatable bonds is 11. The Hall–Kier alpha value is -1.47. The van der Waals surface area contributed by atoms with Gasteiger partial charge in [0.2, 0.25) is 5.95 Å². The van der Waals surface area contributed by atoms with Crippen LogP contribution in [0.25, 0.3) is 0 Å². The van der Waals surface area contributed by atoms with E-state index in [0.717, 1.165) is 0 Å². The summed E-state index contributed by atoms with van der Waals surface area (Å²) in [5.41, 5.74) is 0. The maximum Gasteiger partial charge on any atom is 0.224 e. The quantitative estimate of drug-likeness (QED) is 0.630. The van der Waals surface area contributed by atoms with Gasteiger partial charge in [0.1, 0.15) is 0 Å². The van der Waals surface area contributed by atoms with Crippen LogP contribution in [0, 0.1) is 5.82 Å². The minimum atomic E-state index is -0.440. The van der Waals surface area contributed by atoms with Crippen molar-refractivity contribution in [1.82, 2.24) is 9.97 Å². The van der Waals surface area contributed by atoms with Gasteiger partial charge in [-0.1, -0.05) is 0 Å².